The molecule has 25 heavy (non-hydrogen) atoms. The maximum Gasteiger partial charge on any atom is 0.307 e. The second-order valence-electron chi connectivity index (χ2n) is 6.21. The van der Waals surface area contributed by atoms with Gasteiger partial charge in [-0.25, -0.2) is 0 Å². The normalized spacial score (nSPS) is 17.8. The van der Waals surface area contributed by atoms with Crippen molar-refractivity contribution < 1.29 is 19.2 Å². The zero-order chi connectivity index (χ0) is 18.4. The zero-order valence-corrected chi connectivity index (χ0v) is 14.5. The highest BCUT2D eigenvalue weighted by molar-refractivity contribution is 5.92. The SMILES string of the molecule is COC(=O)CC1CCCCN1CC(=O)Nc1ccc(C)c([N+](=O)[O-])c1. The van der Waals surface area contributed by atoms with Gasteiger partial charge in [-0.05, 0) is 32.4 Å². The molecule has 0 aliphatic carbocycles. The lowest BCUT2D eigenvalue weighted by Crippen LogP contribution is -2.45. The number of carbonyl (C=O) groups excluding carboxylic acids is 2. The van der Waals surface area contributed by atoms with Crippen LogP contribution in [0.5, 0.6) is 0 Å². The fourth-order valence-electron chi connectivity index (χ4n) is 3.04. The molecule has 1 aromatic carbocycles. The number of benzene rings is 1. The van der Waals surface area contributed by atoms with E-state index in [4.69, 9.17) is 4.74 Å². The van der Waals surface area contributed by atoms with E-state index in [9.17, 15) is 19.7 Å². The molecular weight excluding hydrogens is 326 g/mol. The molecule has 0 saturated carbocycles. The Bertz CT molecular complexity index is 662. The van der Waals surface area contributed by atoms with Crippen LogP contribution >= 0.6 is 0 Å². The number of nitrogens with one attached hydrogen (secondary N) is 1. The van der Waals surface area contributed by atoms with Gasteiger partial charge in [0.25, 0.3) is 5.69 Å². The van der Waals surface area contributed by atoms with Crippen LogP contribution in [0.4, 0.5) is 11.4 Å². The molecule has 1 N–H and O–H groups in total. The standard InChI is InChI=1S/C17H23N3O5/c1-12-6-7-13(9-15(12)20(23)24)18-16(21)11-19-8-4-3-5-14(19)10-17(22)25-2/h6-7,9,14H,3-5,8,10-11H2,1-2H3,(H,18,21). The van der Waals surface area contributed by atoms with E-state index in [0.29, 0.717) is 11.3 Å². The molecule has 8 nitrogen and oxygen atoms in total. The lowest BCUT2D eigenvalue weighted by molar-refractivity contribution is -0.385. The molecule has 1 amide bonds. The second kappa shape index (κ2) is 8.57. The minimum atomic E-state index is -0.470. The van der Waals surface area contributed by atoms with Crippen molar-refractivity contribution in [2.24, 2.45) is 0 Å². The van der Waals surface area contributed by atoms with Crippen LogP contribution in [0.25, 0.3) is 0 Å². The molecule has 1 heterocycles. The third-order valence-electron chi connectivity index (χ3n) is 4.42. The van der Waals surface area contributed by atoms with Crippen LogP contribution in [-0.4, -0.2) is 47.9 Å². The van der Waals surface area contributed by atoms with Gasteiger partial charge in [-0.1, -0.05) is 12.5 Å². The highest BCUT2D eigenvalue weighted by Crippen LogP contribution is 2.23. The van der Waals surface area contributed by atoms with E-state index < -0.39 is 4.92 Å². The van der Waals surface area contributed by atoms with E-state index in [-0.39, 0.29) is 36.6 Å². The number of piperidine rings is 1. The van der Waals surface area contributed by atoms with Crippen LogP contribution in [-0.2, 0) is 14.3 Å². The predicted octanol–water partition coefficient (Wildman–Crippen LogP) is 2.26. The summed E-state index contributed by atoms with van der Waals surface area (Å²) in [6.07, 6.45) is 3.10. The Labute approximate surface area is 146 Å². The number of rotatable bonds is 6. The number of nitrogens with zero attached hydrogens (tertiary/aromatic N) is 2. The molecular formula is C17H23N3O5. The number of anilines is 1. The predicted molar refractivity (Wildman–Crippen MR) is 92.3 cm³/mol. The van der Waals surface area contributed by atoms with Crippen molar-refractivity contribution in [3.8, 4) is 0 Å². The summed E-state index contributed by atoms with van der Waals surface area (Å²) in [4.78, 5) is 36.3. The minimum absolute atomic E-state index is 0.0145. The van der Waals surface area contributed by atoms with Crippen LogP contribution in [0.1, 0.15) is 31.2 Å². The quantitative estimate of drug-likeness (QED) is 0.480. The Balaban J connectivity index is 1.99. The molecule has 136 valence electrons. The monoisotopic (exact) mass is 349 g/mol. The highest BCUT2D eigenvalue weighted by atomic mass is 16.6. The van der Waals surface area contributed by atoms with Crippen molar-refractivity contribution in [3.05, 3.63) is 33.9 Å². The van der Waals surface area contributed by atoms with E-state index in [0.717, 1.165) is 25.8 Å². The molecule has 0 bridgehead atoms. The Hall–Kier alpha value is -2.48. The summed E-state index contributed by atoms with van der Waals surface area (Å²) in [6.45, 7) is 2.53. The summed E-state index contributed by atoms with van der Waals surface area (Å²) in [7, 11) is 1.35. The van der Waals surface area contributed by atoms with Crippen molar-refractivity contribution in [3.63, 3.8) is 0 Å². The fourth-order valence-corrected chi connectivity index (χ4v) is 3.04. The number of amides is 1. The average molecular weight is 349 g/mol. The van der Waals surface area contributed by atoms with Gasteiger partial charge in [0, 0.05) is 23.4 Å². The topological polar surface area (TPSA) is 102 Å². The Morgan fingerprint density at radius 1 is 1.40 bits per heavy atom. The number of hydrogen-bond donors (Lipinski definition) is 1. The largest absolute Gasteiger partial charge is 0.469 e. The van der Waals surface area contributed by atoms with Gasteiger partial charge in [0.15, 0.2) is 0 Å². The molecule has 1 aliphatic rings. The molecule has 0 radical (unpaired) electrons. The Morgan fingerprint density at radius 2 is 2.16 bits per heavy atom. The number of likely N-dealkylation sites (tertiary alicyclic amines) is 1. The number of esters is 1. The summed E-state index contributed by atoms with van der Waals surface area (Å²) >= 11 is 0. The first-order valence-corrected chi connectivity index (χ1v) is 8.26. The lowest BCUT2D eigenvalue weighted by Gasteiger charge is -2.34. The average Bonchev–Trinajstić information content (AvgIpc) is 2.58. The summed E-state index contributed by atoms with van der Waals surface area (Å²) in [5.41, 5.74) is 0.903. The van der Waals surface area contributed by atoms with Crippen LogP contribution in [0, 0.1) is 17.0 Å². The van der Waals surface area contributed by atoms with Crippen LogP contribution in [0.2, 0.25) is 0 Å². The first kappa shape index (κ1) is 18.9. The van der Waals surface area contributed by atoms with Gasteiger partial charge >= 0.3 is 5.97 Å². The van der Waals surface area contributed by atoms with Crippen LogP contribution < -0.4 is 5.32 Å². The first-order chi connectivity index (χ1) is 11.9. The van der Waals surface area contributed by atoms with E-state index in [1.165, 1.54) is 13.2 Å². The van der Waals surface area contributed by atoms with Gasteiger partial charge in [0.05, 0.1) is 25.0 Å². The molecule has 1 aliphatic heterocycles. The van der Waals surface area contributed by atoms with Crippen molar-refractivity contribution in [1.82, 2.24) is 4.90 Å². The Kier molecular flexibility index (Phi) is 6.46. The van der Waals surface area contributed by atoms with E-state index in [1.807, 2.05) is 4.90 Å². The molecule has 8 heteroatoms. The fraction of sp³-hybridized carbons (Fsp3) is 0.529. The van der Waals surface area contributed by atoms with Crippen molar-refractivity contribution in [2.75, 3.05) is 25.5 Å². The summed E-state index contributed by atoms with van der Waals surface area (Å²) in [5, 5.41) is 13.7. The number of ether oxygens (including phenoxy) is 1. The smallest absolute Gasteiger partial charge is 0.307 e. The highest BCUT2D eigenvalue weighted by Gasteiger charge is 2.26. The first-order valence-electron chi connectivity index (χ1n) is 8.26. The number of aryl methyl sites for hydroxylation is 1. The summed E-state index contributed by atoms with van der Waals surface area (Å²) < 4.78 is 4.72. The third kappa shape index (κ3) is 5.25. The minimum Gasteiger partial charge on any atom is -0.469 e. The van der Waals surface area contributed by atoms with Gasteiger partial charge in [0.1, 0.15) is 0 Å². The van der Waals surface area contributed by atoms with Gasteiger partial charge in [-0.2, -0.15) is 0 Å². The van der Waals surface area contributed by atoms with Crippen molar-refractivity contribution in [1.29, 1.82) is 0 Å². The zero-order valence-electron chi connectivity index (χ0n) is 14.5. The molecule has 1 fully saturated rings. The van der Waals surface area contributed by atoms with Crippen molar-refractivity contribution >= 4 is 23.3 Å². The molecule has 1 unspecified atom stereocenters. The number of methoxy groups -OCH3 is 1. The molecule has 1 saturated heterocycles. The van der Waals surface area contributed by atoms with Gasteiger partial charge in [0.2, 0.25) is 5.91 Å². The number of hydrogen-bond acceptors (Lipinski definition) is 6. The summed E-state index contributed by atoms with van der Waals surface area (Å²) in [6, 6.07) is 4.59. The van der Waals surface area contributed by atoms with Crippen LogP contribution in [0.15, 0.2) is 18.2 Å². The number of nitro benzene ring substituents is 1. The van der Waals surface area contributed by atoms with Crippen LogP contribution in [0.3, 0.4) is 0 Å². The molecule has 1 atom stereocenters. The van der Waals surface area contributed by atoms with E-state index in [1.54, 1.807) is 19.1 Å². The third-order valence-corrected chi connectivity index (χ3v) is 4.42. The molecule has 1 aromatic rings. The Morgan fingerprint density at radius 3 is 2.84 bits per heavy atom. The van der Waals surface area contributed by atoms with Gasteiger partial charge in [-0.15, -0.1) is 0 Å². The van der Waals surface area contributed by atoms with E-state index >= 15 is 0 Å². The van der Waals surface area contributed by atoms with Crippen molar-refractivity contribution in [2.45, 2.75) is 38.6 Å². The van der Waals surface area contributed by atoms with Gasteiger partial charge in [-0.3, -0.25) is 24.6 Å². The van der Waals surface area contributed by atoms with E-state index in [2.05, 4.69) is 5.32 Å². The number of nitro groups is 1. The molecule has 0 spiro atoms. The second-order valence-corrected chi connectivity index (χ2v) is 6.21. The summed E-state index contributed by atoms with van der Waals surface area (Å²) in [5.74, 6) is -0.540. The molecule has 0 aromatic heterocycles. The lowest BCUT2D eigenvalue weighted by atomic mass is 9.99. The maximum atomic E-state index is 12.3. The maximum absolute atomic E-state index is 12.3. The molecule has 2 rings (SSSR count). The van der Waals surface area contributed by atoms with Gasteiger partial charge < -0.3 is 10.1 Å². The number of carbonyl (C=O) groups is 2.